The van der Waals surface area contributed by atoms with Crippen LogP contribution in [0.25, 0.3) is 0 Å². The average Bonchev–Trinajstić information content (AvgIpc) is 3.58. The summed E-state index contributed by atoms with van der Waals surface area (Å²) in [6, 6.07) is 6.29. The monoisotopic (exact) mass is 581 g/mol. The molecule has 2 amide bonds. The maximum Gasteiger partial charge on any atom is 0.325 e. The molecule has 40 heavy (non-hydrogen) atoms. The predicted molar refractivity (Wildman–Crippen MR) is 165 cm³/mol. The number of rotatable bonds is 11. The molecule has 0 radical (unpaired) electrons. The van der Waals surface area contributed by atoms with Crippen molar-refractivity contribution in [1.29, 1.82) is 5.41 Å². The first kappa shape index (κ1) is 28.7. The highest BCUT2D eigenvalue weighted by molar-refractivity contribution is 7.99. The van der Waals surface area contributed by atoms with Gasteiger partial charge in [-0.05, 0) is 73.4 Å². The standard InChI is InChI=1S/C29H39N7O2S2/c1-21-14-24-15-26(40-33-29(2)7-8-29)39-27(24)36(28(37)35(19-21)9-6-22(16-30)17-31-3)20-23-4-5-25(32-18-23)34-10-12-38-13-11-34/h4-5,15-18,30-31,33H,1,6-14,19-20H2,2-3H3/b22-17-,30-16?. The highest BCUT2D eigenvalue weighted by Crippen LogP contribution is 2.43. The van der Waals surface area contributed by atoms with Crippen molar-refractivity contribution in [2.45, 2.75) is 48.9 Å². The van der Waals surface area contributed by atoms with E-state index in [-0.39, 0.29) is 11.6 Å². The lowest BCUT2D eigenvalue weighted by molar-refractivity contribution is 0.122. The number of carbonyl (C=O) groups excluding carboxylic acids is 1. The first-order valence-corrected chi connectivity index (χ1v) is 15.4. The van der Waals surface area contributed by atoms with Gasteiger partial charge in [0.1, 0.15) is 10.8 Å². The van der Waals surface area contributed by atoms with Gasteiger partial charge < -0.3 is 25.3 Å². The van der Waals surface area contributed by atoms with E-state index in [1.807, 2.05) is 35.3 Å². The molecule has 0 atom stereocenters. The van der Waals surface area contributed by atoms with Crippen molar-refractivity contribution in [2.75, 3.05) is 56.2 Å². The van der Waals surface area contributed by atoms with Gasteiger partial charge in [-0.1, -0.05) is 18.2 Å². The number of fused-ring (bicyclic) bond motifs is 1. The van der Waals surface area contributed by atoms with Crippen molar-refractivity contribution in [3.63, 3.8) is 0 Å². The third-order valence-corrected chi connectivity index (χ3v) is 9.84. The number of nitrogens with zero attached hydrogens (tertiary/aromatic N) is 4. The first-order valence-electron chi connectivity index (χ1n) is 13.8. The normalized spacial score (nSPS) is 19.2. The van der Waals surface area contributed by atoms with Crippen molar-refractivity contribution < 1.29 is 9.53 Å². The SMILES string of the molecule is C=C1Cc2cc(SNC3(C)CC3)sc2N(Cc2ccc(N3CCOCC3)nc2)C(=O)N(CC/C(C=N)=C/NC)C1. The smallest absolute Gasteiger partial charge is 0.325 e. The number of urea groups is 1. The molecule has 0 bridgehead atoms. The molecular formula is C29H39N7O2S2. The molecule has 9 nitrogen and oxygen atoms in total. The summed E-state index contributed by atoms with van der Waals surface area (Å²) in [5.41, 5.74) is 4.18. The Morgan fingerprint density at radius 3 is 2.80 bits per heavy atom. The van der Waals surface area contributed by atoms with Crippen LogP contribution in [0, 0.1) is 5.41 Å². The molecule has 4 heterocycles. The molecule has 5 rings (SSSR count). The van der Waals surface area contributed by atoms with Crippen LogP contribution in [0.3, 0.4) is 0 Å². The van der Waals surface area contributed by atoms with Crippen molar-refractivity contribution in [3.8, 4) is 0 Å². The number of ether oxygens (including phenoxy) is 1. The minimum Gasteiger partial charge on any atom is -0.394 e. The van der Waals surface area contributed by atoms with Gasteiger partial charge in [0.2, 0.25) is 0 Å². The molecule has 3 N–H and O–H groups in total. The summed E-state index contributed by atoms with van der Waals surface area (Å²) in [5, 5.41) is 11.7. The van der Waals surface area contributed by atoms with Gasteiger partial charge in [0, 0.05) is 57.4 Å². The van der Waals surface area contributed by atoms with Crippen LogP contribution in [-0.2, 0) is 17.7 Å². The Kier molecular flexibility index (Phi) is 9.14. The second-order valence-electron chi connectivity index (χ2n) is 10.9. The van der Waals surface area contributed by atoms with E-state index in [1.165, 1.54) is 19.1 Å². The molecule has 1 saturated carbocycles. The quantitative estimate of drug-likeness (QED) is 0.199. The van der Waals surface area contributed by atoms with Crippen LogP contribution < -0.4 is 19.8 Å². The number of nitrogens with one attached hydrogen (secondary N) is 3. The third-order valence-electron chi connectivity index (χ3n) is 7.43. The summed E-state index contributed by atoms with van der Waals surface area (Å²) in [7, 11) is 1.82. The van der Waals surface area contributed by atoms with Gasteiger partial charge in [-0.25, -0.2) is 9.78 Å². The minimum absolute atomic E-state index is 0.0475. The first-order chi connectivity index (χ1) is 19.4. The number of hydrogen-bond donors (Lipinski definition) is 3. The van der Waals surface area contributed by atoms with Crippen LogP contribution >= 0.6 is 23.3 Å². The van der Waals surface area contributed by atoms with E-state index in [4.69, 9.17) is 15.1 Å². The number of carbonyl (C=O) groups is 1. The van der Waals surface area contributed by atoms with Crippen LogP contribution in [-0.4, -0.2) is 74.1 Å². The second kappa shape index (κ2) is 12.8. The largest absolute Gasteiger partial charge is 0.394 e. The number of aromatic nitrogens is 1. The molecule has 1 aliphatic carbocycles. The highest BCUT2D eigenvalue weighted by atomic mass is 32.2. The zero-order valence-electron chi connectivity index (χ0n) is 23.4. The molecule has 0 spiro atoms. The number of anilines is 2. The Morgan fingerprint density at radius 1 is 1.32 bits per heavy atom. The number of pyridine rings is 1. The molecule has 11 heteroatoms. The van der Waals surface area contributed by atoms with Crippen LogP contribution in [0.1, 0.15) is 37.3 Å². The molecule has 0 aromatic carbocycles. The average molecular weight is 582 g/mol. The summed E-state index contributed by atoms with van der Waals surface area (Å²) in [4.78, 5) is 24.9. The van der Waals surface area contributed by atoms with E-state index >= 15 is 0 Å². The van der Waals surface area contributed by atoms with E-state index in [2.05, 4.69) is 40.6 Å². The lowest BCUT2D eigenvalue weighted by Gasteiger charge is -2.33. The molecule has 2 aliphatic heterocycles. The van der Waals surface area contributed by atoms with Gasteiger partial charge >= 0.3 is 6.03 Å². The lowest BCUT2D eigenvalue weighted by atomic mass is 10.1. The van der Waals surface area contributed by atoms with Gasteiger partial charge in [-0.3, -0.25) is 9.62 Å². The van der Waals surface area contributed by atoms with E-state index in [0.717, 1.165) is 56.8 Å². The van der Waals surface area contributed by atoms with Gasteiger partial charge in [-0.2, -0.15) is 0 Å². The summed E-state index contributed by atoms with van der Waals surface area (Å²) >= 11 is 3.33. The highest BCUT2D eigenvalue weighted by Gasteiger charge is 2.37. The zero-order chi connectivity index (χ0) is 28.1. The van der Waals surface area contributed by atoms with E-state index in [1.54, 1.807) is 23.3 Å². The number of amides is 2. The van der Waals surface area contributed by atoms with Crippen molar-refractivity contribution in [2.24, 2.45) is 0 Å². The molecule has 0 unspecified atom stereocenters. The summed E-state index contributed by atoms with van der Waals surface area (Å²) in [6.45, 7) is 11.1. The van der Waals surface area contributed by atoms with Gasteiger partial charge in [0.15, 0.2) is 0 Å². The van der Waals surface area contributed by atoms with Crippen LogP contribution in [0.5, 0.6) is 0 Å². The van der Waals surface area contributed by atoms with Crippen molar-refractivity contribution >= 4 is 46.3 Å². The van der Waals surface area contributed by atoms with E-state index in [0.29, 0.717) is 39.3 Å². The fraction of sp³-hybridized carbons (Fsp3) is 0.483. The molecule has 1 saturated heterocycles. The van der Waals surface area contributed by atoms with Crippen LogP contribution in [0.4, 0.5) is 15.6 Å². The predicted octanol–water partition coefficient (Wildman–Crippen LogP) is 4.81. The van der Waals surface area contributed by atoms with Gasteiger partial charge in [-0.15, -0.1) is 11.3 Å². The van der Waals surface area contributed by atoms with E-state index < -0.39 is 0 Å². The Hall–Kier alpha value is -2.86. The minimum atomic E-state index is -0.0475. The van der Waals surface area contributed by atoms with Gasteiger partial charge in [0.05, 0.1) is 24.0 Å². The molecule has 2 fully saturated rings. The Labute approximate surface area is 245 Å². The van der Waals surface area contributed by atoms with Crippen molar-refractivity contribution in [1.82, 2.24) is 19.9 Å². The fourth-order valence-corrected chi connectivity index (χ4v) is 6.99. The van der Waals surface area contributed by atoms with Crippen LogP contribution in [0.2, 0.25) is 0 Å². The number of morpholine rings is 1. The maximum atomic E-state index is 14.2. The summed E-state index contributed by atoms with van der Waals surface area (Å²) in [5.74, 6) is 0.939. The Bertz CT molecular complexity index is 1250. The fourth-order valence-electron chi connectivity index (χ4n) is 4.80. The molecule has 2 aromatic heterocycles. The molecule has 2 aromatic rings. The lowest BCUT2D eigenvalue weighted by Crippen LogP contribution is -2.45. The Balaban J connectivity index is 1.41. The Morgan fingerprint density at radius 2 is 2.12 bits per heavy atom. The number of hydrogen-bond acceptors (Lipinski definition) is 9. The molecule has 3 aliphatic rings. The number of thiophene rings is 1. The summed E-state index contributed by atoms with van der Waals surface area (Å²) < 4.78 is 10.2. The zero-order valence-corrected chi connectivity index (χ0v) is 25.0. The van der Waals surface area contributed by atoms with Crippen molar-refractivity contribution in [3.05, 3.63) is 59.4 Å². The maximum absolute atomic E-state index is 14.2. The second-order valence-corrected chi connectivity index (χ2v) is 13.0. The van der Waals surface area contributed by atoms with Crippen LogP contribution in [0.15, 0.2) is 52.5 Å². The topological polar surface area (TPSA) is 96.8 Å². The van der Waals surface area contributed by atoms with E-state index in [9.17, 15) is 4.79 Å². The molecular weight excluding hydrogens is 543 g/mol. The molecule has 214 valence electrons. The van der Waals surface area contributed by atoms with Gasteiger partial charge in [0.25, 0.3) is 0 Å². The third kappa shape index (κ3) is 7.06. The summed E-state index contributed by atoms with van der Waals surface area (Å²) in [6.07, 6.45) is 8.73.